The molecule has 24 heavy (non-hydrogen) atoms. The molecule has 0 bridgehead atoms. The van der Waals surface area contributed by atoms with Gasteiger partial charge >= 0.3 is 0 Å². The minimum atomic E-state index is 0.160. The predicted octanol–water partition coefficient (Wildman–Crippen LogP) is 4.78. The number of para-hydroxylation sites is 2. The third kappa shape index (κ3) is 5.13. The van der Waals surface area contributed by atoms with Crippen molar-refractivity contribution in [3.8, 4) is 11.5 Å². The summed E-state index contributed by atoms with van der Waals surface area (Å²) in [4.78, 5) is 12.0. The van der Waals surface area contributed by atoms with Crippen molar-refractivity contribution < 1.29 is 14.3 Å². The monoisotopic (exact) mass is 322 g/mol. The van der Waals surface area contributed by atoms with E-state index in [9.17, 15) is 4.79 Å². The van der Waals surface area contributed by atoms with Crippen LogP contribution in [-0.2, 0) is 4.79 Å². The molecule has 0 N–H and O–H groups in total. The van der Waals surface area contributed by atoms with Crippen LogP contribution in [-0.4, -0.2) is 20.0 Å². The highest BCUT2D eigenvalue weighted by Crippen LogP contribution is 2.20. The molecule has 0 heterocycles. The number of ketones is 1. The van der Waals surface area contributed by atoms with Crippen molar-refractivity contribution in [3.63, 3.8) is 0 Å². The molecule has 2 aromatic rings. The van der Waals surface area contributed by atoms with Gasteiger partial charge in [-0.2, -0.15) is 0 Å². The Hall–Kier alpha value is -2.81. The topological polar surface area (TPSA) is 35.5 Å². The normalized spacial score (nSPS) is 11.1. The minimum absolute atomic E-state index is 0.160. The first-order valence-electron chi connectivity index (χ1n) is 7.85. The Morgan fingerprint density at radius 1 is 0.792 bits per heavy atom. The molecule has 0 radical (unpaired) electrons. The smallest absolute Gasteiger partial charge is 0.140 e. The van der Waals surface area contributed by atoms with E-state index < -0.39 is 0 Å². The Bertz CT molecular complexity index is 668. The molecular formula is C21H22O3. The van der Waals surface area contributed by atoms with Crippen LogP contribution in [0.4, 0.5) is 0 Å². The molecule has 0 unspecified atom stereocenters. The number of carbonyl (C=O) groups excluding carboxylic acids is 1. The highest BCUT2D eigenvalue weighted by atomic mass is 16.5. The van der Waals surface area contributed by atoms with E-state index in [-0.39, 0.29) is 5.78 Å². The van der Waals surface area contributed by atoms with Crippen LogP contribution in [0.1, 0.15) is 24.0 Å². The molecule has 0 aromatic heterocycles. The Morgan fingerprint density at radius 3 is 1.62 bits per heavy atom. The van der Waals surface area contributed by atoms with E-state index in [2.05, 4.69) is 0 Å². The second kappa shape index (κ2) is 9.36. The summed E-state index contributed by atoms with van der Waals surface area (Å²) >= 11 is 0. The van der Waals surface area contributed by atoms with Crippen molar-refractivity contribution in [1.29, 1.82) is 0 Å². The van der Waals surface area contributed by atoms with E-state index in [1.165, 1.54) is 0 Å². The Balaban J connectivity index is 1.87. The fraction of sp³-hybridized carbons (Fsp3) is 0.190. The lowest BCUT2D eigenvalue weighted by atomic mass is 10.1. The second-order valence-electron chi connectivity index (χ2n) is 5.24. The van der Waals surface area contributed by atoms with Gasteiger partial charge in [-0.25, -0.2) is 0 Å². The molecule has 0 fully saturated rings. The lowest BCUT2D eigenvalue weighted by Gasteiger charge is -2.03. The van der Waals surface area contributed by atoms with Gasteiger partial charge in [0.1, 0.15) is 17.3 Å². The van der Waals surface area contributed by atoms with Crippen molar-refractivity contribution >= 4 is 17.9 Å². The standard InChI is InChI=1S/C21H22O3/c1-23-20-15-5-3-9-17(20)11-7-13-19(22)14-8-12-18-10-4-6-16-21(18)24-2/h3-12,15-16H,13-14H2,1-2H3. The summed E-state index contributed by atoms with van der Waals surface area (Å²) in [5.41, 5.74) is 1.94. The molecule has 0 saturated carbocycles. The number of methoxy groups -OCH3 is 2. The summed E-state index contributed by atoms with van der Waals surface area (Å²) in [6.45, 7) is 0. The molecule has 3 heteroatoms. The van der Waals surface area contributed by atoms with E-state index in [1.807, 2.05) is 72.8 Å². The summed E-state index contributed by atoms with van der Waals surface area (Å²) in [6.07, 6.45) is 8.37. The third-order valence-electron chi connectivity index (χ3n) is 3.56. The van der Waals surface area contributed by atoms with Gasteiger partial charge in [-0.1, -0.05) is 60.7 Å². The molecule has 124 valence electrons. The fourth-order valence-electron chi connectivity index (χ4n) is 2.33. The quantitative estimate of drug-likeness (QED) is 0.701. The molecular weight excluding hydrogens is 300 g/mol. The van der Waals surface area contributed by atoms with E-state index in [0.29, 0.717) is 12.8 Å². The summed E-state index contributed by atoms with van der Waals surface area (Å²) in [5, 5.41) is 0. The number of hydrogen-bond acceptors (Lipinski definition) is 3. The van der Waals surface area contributed by atoms with Crippen molar-refractivity contribution in [2.24, 2.45) is 0 Å². The molecule has 2 aromatic carbocycles. The van der Waals surface area contributed by atoms with Crippen LogP contribution in [0.25, 0.3) is 12.2 Å². The van der Waals surface area contributed by atoms with Crippen molar-refractivity contribution in [2.75, 3.05) is 14.2 Å². The number of rotatable bonds is 8. The Morgan fingerprint density at radius 2 is 1.21 bits per heavy atom. The summed E-state index contributed by atoms with van der Waals surface area (Å²) in [6, 6.07) is 15.5. The molecule has 3 nitrogen and oxygen atoms in total. The predicted molar refractivity (Wildman–Crippen MR) is 98.3 cm³/mol. The molecule has 2 rings (SSSR count). The first-order chi connectivity index (χ1) is 11.7. The molecule has 0 saturated heterocycles. The highest BCUT2D eigenvalue weighted by molar-refractivity contribution is 5.83. The number of ether oxygens (including phenoxy) is 2. The summed E-state index contributed by atoms with van der Waals surface area (Å²) in [7, 11) is 3.28. The molecule has 0 amide bonds. The highest BCUT2D eigenvalue weighted by Gasteiger charge is 2.00. The second-order valence-corrected chi connectivity index (χ2v) is 5.24. The Kier molecular flexibility index (Phi) is 6.84. The Labute approximate surface area is 143 Å². The van der Waals surface area contributed by atoms with Gasteiger partial charge in [0.25, 0.3) is 0 Å². The fourth-order valence-corrected chi connectivity index (χ4v) is 2.33. The summed E-state index contributed by atoms with van der Waals surface area (Å²) in [5.74, 6) is 1.77. The van der Waals surface area contributed by atoms with Crippen molar-refractivity contribution in [2.45, 2.75) is 12.8 Å². The maximum atomic E-state index is 12.0. The molecule has 0 spiro atoms. The van der Waals surface area contributed by atoms with Gasteiger partial charge in [-0.05, 0) is 12.1 Å². The maximum Gasteiger partial charge on any atom is 0.140 e. The van der Waals surface area contributed by atoms with E-state index in [4.69, 9.17) is 9.47 Å². The van der Waals surface area contributed by atoms with Crippen LogP contribution in [0.2, 0.25) is 0 Å². The molecule has 0 aliphatic heterocycles. The lowest BCUT2D eigenvalue weighted by Crippen LogP contribution is -1.93. The van der Waals surface area contributed by atoms with Crippen molar-refractivity contribution in [3.05, 3.63) is 71.8 Å². The number of carbonyl (C=O) groups is 1. The van der Waals surface area contributed by atoms with Gasteiger partial charge in [-0.3, -0.25) is 4.79 Å². The van der Waals surface area contributed by atoms with Gasteiger partial charge in [0.2, 0.25) is 0 Å². The van der Waals surface area contributed by atoms with Crippen LogP contribution in [0.3, 0.4) is 0 Å². The molecule has 0 aliphatic rings. The van der Waals surface area contributed by atoms with E-state index in [0.717, 1.165) is 22.6 Å². The lowest BCUT2D eigenvalue weighted by molar-refractivity contribution is -0.117. The minimum Gasteiger partial charge on any atom is -0.496 e. The van der Waals surface area contributed by atoms with Gasteiger partial charge < -0.3 is 9.47 Å². The average molecular weight is 322 g/mol. The SMILES string of the molecule is COc1ccccc1C=CCC(=O)CC=Cc1ccccc1OC. The first-order valence-corrected chi connectivity index (χ1v) is 7.85. The third-order valence-corrected chi connectivity index (χ3v) is 3.56. The van der Waals surface area contributed by atoms with Crippen LogP contribution in [0.5, 0.6) is 11.5 Å². The molecule has 0 atom stereocenters. The average Bonchev–Trinajstić information content (AvgIpc) is 2.62. The zero-order chi connectivity index (χ0) is 17.2. The zero-order valence-corrected chi connectivity index (χ0v) is 14.1. The van der Waals surface area contributed by atoms with Gasteiger partial charge in [0.05, 0.1) is 14.2 Å². The number of hydrogen-bond donors (Lipinski definition) is 0. The van der Waals surface area contributed by atoms with Crippen LogP contribution in [0, 0.1) is 0 Å². The van der Waals surface area contributed by atoms with E-state index in [1.54, 1.807) is 14.2 Å². The van der Waals surface area contributed by atoms with Gasteiger partial charge in [-0.15, -0.1) is 0 Å². The number of allylic oxidation sites excluding steroid dienone is 2. The summed E-state index contributed by atoms with van der Waals surface area (Å²) < 4.78 is 10.6. The maximum absolute atomic E-state index is 12.0. The van der Waals surface area contributed by atoms with E-state index >= 15 is 0 Å². The molecule has 0 aliphatic carbocycles. The first kappa shape index (κ1) is 17.5. The van der Waals surface area contributed by atoms with Gasteiger partial charge in [0, 0.05) is 24.0 Å². The van der Waals surface area contributed by atoms with Gasteiger partial charge in [0.15, 0.2) is 0 Å². The van der Waals surface area contributed by atoms with Crippen LogP contribution in [0.15, 0.2) is 60.7 Å². The number of Topliss-reactive ketones (excluding diaryl/α,β-unsaturated/α-hetero) is 1. The van der Waals surface area contributed by atoms with Crippen LogP contribution < -0.4 is 9.47 Å². The number of benzene rings is 2. The van der Waals surface area contributed by atoms with Crippen LogP contribution >= 0.6 is 0 Å². The van der Waals surface area contributed by atoms with Crippen molar-refractivity contribution in [1.82, 2.24) is 0 Å². The zero-order valence-electron chi connectivity index (χ0n) is 14.1. The largest absolute Gasteiger partial charge is 0.496 e.